The van der Waals surface area contributed by atoms with Crippen molar-refractivity contribution in [2.45, 2.75) is 74.5 Å². The number of hydrogen-bond donors (Lipinski definition) is 1. The van der Waals surface area contributed by atoms with Crippen LogP contribution in [-0.2, 0) is 16.6 Å². The normalized spacial score (nSPS) is 46.9. The molecule has 4 saturated carbocycles. The van der Waals surface area contributed by atoms with E-state index in [-0.39, 0.29) is 17.1 Å². The summed E-state index contributed by atoms with van der Waals surface area (Å²) in [6.07, 6.45) is 10.3. The van der Waals surface area contributed by atoms with Crippen LogP contribution in [0.15, 0.2) is 12.1 Å². The molecule has 7 aliphatic rings. The van der Waals surface area contributed by atoms with Crippen LogP contribution in [0.4, 0.5) is 0 Å². The standard InChI is InChI=1S/C24H31NO3/c1-26-17-6-5-15-12-18-22-7-9-23(27-2,10-8-22)21-24(22,19(15)20(17)28-21)16(13-25-18)11-14-3-4-14/h5-6,14,16,18,21,25H,3-4,7-13H2,1-2H3. The van der Waals surface area contributed by atoms with Crippen LogP contribution in [0.3, 0.4) is 0 Å². The van der Waals surface area contributed by atoms with Gasteiger partial charge >= 0.3 is 0 Å². The van der Waals surface area contributed by atoms with Crippen molar-refractivity contribution in [3.05, 3.63) is 23.3 Å². The molecule has 0 aromatic heterocycles. The lowest BCUT2D eigenvalue weighted by Crippen LogP contribution is -2.81. The van der Waals surface area contributed by atoms with Gasteiger partial charge in [0.15, 0.2) is 11.5 Å². The average Bonchev–Trinajstić information content (AvgIpc) is 3.47. The minimum atomic E-state index is -0.135. The fourth-order valence-electron chi connectivity index (χ4n) is 8.60. The molecule has 4 heteroatoms. The number of nitrogens with one attached hydrogen (secondary N) is 1. The molecule has 2 heterocycles. The van der Waals surface area contributed by atoms with E-state index in [1.165, 1.54) is 43.2 Å². The third kappa shape index (κ3) is 1.59. The summed E-state index contributed by atoms with van der Waals surface area (Å²) in [5.74, 6) is 3.54. The maximum absolute atomic E-state index is 6.98. The Morgan fingerprint density at radius 1 is 1.14 bits per heavy atom. The van der Waals surface area contributed by atoms with Crippen molar-refractivity contribution in [3.8, 4) is 11.5 Å². The molecule has 2 spiro atoms. The highest BCUT2D eigenvalue weighted by molar-refractivity contribution is 5.64. The van der Waals surface area contributed by atoms with Gasteiger partial charge in [-0.15, -0.1) is 0 Å². The van der Waals surface area contributed by atoms with E-state index in [9.17, 15) is 0 Å². The van der Waals surface area contributed by atoms with Crippen molar-refractivity contribution in [1.29, 1.82) is 0 Å². The molecular formula is C24H31NO3. The van der Waals surface area contributed by atoms with Gasteiger partial charge in [0, 0.05) is 24.1 Å². The molecule has 5 aliphatic carbocycles. The second-order valence-electron chi connectivity index (χ2n) is 10.5. The molecule has 4 bridgehead atoms. The molecule has 4 nitrogen and oxygen atoms in total. The number of ether oxygens (including phenoxy) is 3. The minimum Gasteiger partial charge on any atom is -0.493 e. The lowest BCUT2D eigenvalue weighted by Gasteiger charge is -2.72. The molecule has 8 rings (SSSR count). The molecule has 1 aromatic carbocycles. The number of benzene rings is 1. The Morgan fingerprint density at radius 3 is 2.68 bits per heavy atom. The van der Waals surface area contributed by atoms with Gasteiger partial charge in [-0.05, 0) is 68.5 Å². The Morgan fingerprint density at radius 2 is 1.96 bits per heavy atom. The Balaban J connectivity index is 1.55. The third-order valence-corrected chi connectivity index (χ3v) is 9.85. The van der Waals surface area contributed by atoms with Gasteiger partial charge in [0.1, 0.15) is 11.7 Å². The second-order valence-corrected chi connectivity index (χ2v) is 10.5. The van der Waals surface area contributed by atoms with Crippen molar-refractivity contribution < 1.29 is 14.2 Å². The van der Waals surface area contributed by atoms with Crippen molar-refractivity contribution >= 4 is 0 Å². The minimum absolute atomic E-state index is 0.107. The molecule has 28 heavy (non-hydrogen) atoms. The quantitative estimate of drug-likeness (QED) is 0.865. The maximum Gasteiger partial charge on any atom is 0.165 e. The van der Waals surface area contributed by atoms with Crippen LogP contribution in [0, 0.1) is 17.3 Å². The topological polar surface area (TPSA) is 39.7 Å². The van der Waals surface area contributed by atoms with Gasteiger partial charge < -0.3 is 19.5 Å². The highest BCUT2D eigenvalue weighted by Crippen LogP contribution is 2.76. The van der Waals surface area contributed by atoms with Crippen LogP contribution >= 0.6 is 0 Å². The highest BCUT2D eigenvalue weighted by atomic mass is 16.6. The molecule has 5 fully saturated rings. The van der Waals surface area contributed by atoms with E-state index in [0.717, 1.165) is 43.2 Å². The van der Waals surface area contributed by atoms with Gasteiger partial charge in [0.2, 0.25) is 0 Å². The van der Waals surface area contributed by atoms with Crippen LogP contribution < -0.4 is 14.8 Å². The van der Waals surface area contributed by atoms with Gasteiger partial charge in [-0.2, -0.15) is 0 Å². The fourth-order valence-corrected chi connectivity index (χ4v) is 8.60. The van der Waals surface area contributed by atoms with E-state index < -0.39 is 0 Å². The second kappa shape index (κ2) is 5.07. The van der Waals surface area contributed by atoms with E-state index in [0.29, 0.717) is 17.4 Å². The van der Waals surface area contributed by atoms with E-state index in [4.69, 9.17) is 14.2 Å². The Hall–Kier alpha value is -1.26. The smallest absolute Gasteiger partial charge is 0.165 e. The summed E-state index contributed by atoms with van der Waals surface area (Å²) >= 11 is 0. The maximum atomic E-state index is 6.98. The molecule has 0 amide bonds. The number of methoxy groups -OCH3 is 2. The first-order chi connectivity index (χ1) is 13.7. The summed E-state index contributed by atoms with van der Waals surface area (Å²) in [5.41, 5.74) is 3.32. The van der Waals surface area contributed by atoms with Crippen LogP contribution in [0.5, 0.6) is 11.5 Å². The summed E-state index contributed by atoms with van der Waals surface area (Å²) in [6, 6.07) is 5.04. The first kappa shape index (κ1) is 16.5. The van der Waals surface area contributed by atoms with Crippen molar-refractivity contribution in [3.63, 3.8) is 0 Å². The molecule has 1 aromatic rings. The van der Waals surface area contributed by atoms with Crippen LogP contribution in [0.2, 0.25) is 0 Å². The van der Waals surface area contributed by atoms with Gasteiger partial charge in [0.25, 0.3) is 0 Å². The van der Waals surface area contributed by atoms with Crippen molar-refractivity contribution in [1.82, 2.24) is 5.32 Å². The van der Waals surface area contributed by atoms with E-state index in [1.807, 2.05) is 7.11 Å². The highest BCUT2D eigenvalue weighted by Gasteiger charge is 2.80. The number of hydrogen-bond acceptors (Lipinski definition) is 4. The third-order valence-electron chi connectivity index (χ3n) is 9.85. The zero-order valence-electron chi connectivity index (χ0n) is 17.1. The predicted octanol–water partition coefficient (Wildman–Crippen LogP) is 3.60. The summed E-state index contributed by atoms with van der Waals surface area (Å²) in [7, 11) is 3.71. The van der Waals surface area contributed by atoms with Gasteiger partial charge in [-0.25, -0.2) is 0 Å². The monoisotopic (exact) mass is 381 g/mol. The lowest BCUT2D eigenvalue weighted by molar-refractivity contribution is -0.250. The number of piperidine rings is 1. The first-order valence-electron chi connectivity index (χ1n) is 11.3. The number of rotatable bonds is 4. The Labute approximate surface area is 167 Å². The van der Waals surface area contributed by atoms with Crippen LogP contribution in [0.1, 0.15) is 56.1 Å². The lowest BCUT2D eigenvalue weighted by atomic mass is 9.34. The average molecular weight is 382 g/mol. The predicted molar refractivity (Wildman–Crippen MR) is 106 cm³/mol. The Kier molecular flexibility index (Phi) is 2.99. The molecule has 1 saturated heterocycles. The summed E-state index contributed by atoms with van der Waals surface area (Å²) in [5, 5.41) is 4.06. The van der Waals surface area contributed by atoms with Crippen molar-refractivity contribution in [2.75, 3.05) is 20.8 Å². The Bertz CT molecular complexity index is 854. The zero-order valence-corrected chi connectivity index (χ0v) is 17.1. The first-order valence-corrected chi connectivity index (χ1v) is 11.3. The van der Waals surface area contributed by atoms with Gasteiger partial charge in [-0.1, -0.05) is 18.9 Å². The van der Waals surface area contributed by atoms with Gasteiger partial charge in [-0.3, -0.25) is 0 Å². The summed E-state index contributed by atoms with van der Waals surface area (Å²) in [4.78, 5) is 0. The SMILES string of the molecule is COc1ccc2c3c1OC1C4(OC)CCC5(CC4)C(C2)NCC(CC2CC2)C315. The fraction of sp³-hybridized carbons (Fsp3) is 0.750. The molecule has 2 aliphatic heterocycles. The van der Waals surface area contributed by atoms with Crippen LogP contribution in [0.25, 0.3) is 0 Å². The molecule has 4 atom stereocenters. The zero-order chi connectivity index (χ0) is 18.7. The molecule has 1 N–H and O–H groups in total. The van der Waals surface area contributed by atoms with Crippen LogP contribution in [-0.4, -0.2) is 38.5 Å². The van der Waals surface area contributed by atoms with Crippen molar-refractivity contribution in [2.24, 2.45) is 17.3 Å². The molecule has 0 radical (unpaired) electrons. The largest absolute Gasteiger partial charge is 0.493 e. The van der Waals surface area contributed by atoms with E-state index in [1.54, 1.807) is 7.11 Å². The van der Waals surface area contributed by atoms with Gasteiger partial charge in [0.05, 0.1) is 12.5 Å². The molecule has 4 unspecified atom stereocenters. The molecule has 150 valence electrons. The van der Waals surface area contributed by atoms with E-state index >= 15 is 0 Å². The number of fused-ring (bicyclic) bond motifs is 2. The summed E-state index contributed by atoms with van der Waals surface area (Å²) in [6.45, 7) is 1.14. The molecular weight excluding hydrogens is 350 g/mol. The van der Waals surface area contributed by atoms with E-state index in [2.05, 4.69) is 17.4 Å². The summed E-state index contributed by atoms with van der Waals surface area (Å²) < 4.78 is 19.2.